The van der Waals surface area contributed by atoms with Gasteiger partial charge in [-0.25, -0.2) is 4.98 Å². The molecule has 1 saturated heterocycles. The van der Waals surface area contributed by atoms with Crippen molar-refractivity contribution in [3.63, 3.8) is 0 Å². The summed E-state index contributed by atoms with van der Waals surface area (Å²) in [5.74, 6) is 2.67. The lowest BCUT2D eigenvalue weighted by molar-refractivity contribution is 0.484. The van der Waals surface area contributed by atoms with Gasteiger partial charge < -0.3 is 9.88 Å². The topological polar surface area (TPSA) is 29.9 Å². The average molecular weight is 239 g/mol. The van der Waals surface area contributed by atoms with Gasteiger partial charge in [0, 0.05) is 30.7 Å². The van der Waals surface area contributed by atoms with E-state index >= 15 is 0 Å². The van der Waals surface area contributed by atoms with Crippen LogP contribution in [0.1, 0.15) is 25.7 Å². The number of aromatic nitrogens is 2. The maximum absolute atomic E-state index is 4.04. The lowest BCUT2D eigenvalue weighted by Crippen LogP contribution is -2.34. The van der Waals surface area contributed by atoms with Crippen LogP contribution in [0.3, 0.4) is 0 Å². The van der Waals surface area contributed by atoms with E-state index in [4.69, 9.17) is 0 Å². The molecule has 1 fully saturated rings. The average Bonchev–Trinajstić information content (AvgIpc) is 2.83. The predicted molar refractivity (Wildman–Crippen MR) is 69.8 cm³/mol. The molecule has 1 aliphatic heterocycles. The van der Waals surface area contributed by atoms with Crippen molar-refractivity contribution >= 4 is 11.8 Å². The molecule has 1 unspecified atom stereocenters. The first-order chi connectivity index (χ1) is 7.95. The van der Waals surface area contributed by atoms with Crippen molar-refractivity contribution in [3.05, 3.63) is 18.7 Å². The molecule has 2 rings (SSSR count). The van der Waals surface area contributed by atoms with Crippen molar-refractivity contribution in [2.75, 3.05) is 18.1 Å². The molecule has 2 heterocycles. The quantitative estimate of drug-likeness (QED) is 0.771. The molecule has 0 bridgehead atoms. The number of unbranched alkanes of at least 4 members (excludes halogenated alkanes) is 1. The molecule has 4 heteroatoms. The zero-order chi connectivity index (χ0) is 11.1. The van der Waals surface area contributed by atoms with Crippen LogP contribution in [0.5, 0.6) is 0 Å². The van der Waals surface area contributed by atoms with Gasteiger partial charge in [-0.3, -0.25) is 0 Å². The fourth-order valence-electron chi connectivity index (χ4n) is 2.05. The van der Waals surface area contributed by atoms with Crippen molar-refractivity contribution in [1.29, 1.82) is 0 Å². The van der Waals surface area contributed by atoms with E-state index in [1.54, 1.807) is 0 Å². The maximum atomic E-state index is 4.04. The van der Waals surface area contributed by atoms with Crippen LogP contribution >= 0.6 is 11.8 Å². The summed E-state index contributed by atoms with van der Waals surface area (Å²) in [6.07, 6.45) is 11.0. The lowest BCUT2D eigenvalue weighted by atomic mass is 10.2. The number of imidazole rings is 1. The van der Waals surface area contributed by atoms with E-state index in [1.807, 2.05) is 18.7 Å². The minimum absolute atomic E-state index is 0.770. The Kier molecular flexibility index (Phi) is 5.22. The van der Waals surface area contributed by atoms with Gasteiger partial charge in [-0.05, 0) is 38.0 Å². The van der Waals surface area contributed by atoms with E-state index in [1.165, 1.54) is 43.7 Å². The maximum Gasteiger partial charge on any atom is 0.0945 e. The number of aryl methyl sites for hydroxylation is 1. The number of thioether (sulfide) groups is 1. The van der Waals surface area contributed by atoms with E-state index in [-0.39, 0.29) is 0 Å². The zero-order valence-electron chi connectivity index (χ0n) is 9.77. The first-order valence-electron chi connectivity index (χ1n) is 6.22. The van der Waals surface area contributed by atoms with Gasteiger partial charge in [-0.15, -0.1) is 0 Å². The summed E-state index contributed by atoms with van der Waals surface area (Å²) in [4.78, 5) is 4.04. The highest BCUT2D eigenvalue weighted by atomic mass is 32.2. The normalized spacial score (nSPS) is 21.1. The second-order valence-electron chi connectivity index (χ2n) is 4.38. The molecule has 0 aliphatic carbocycles. The van der Waals surface area contributed by atoms with Crippen LogP contribution in [0, 0.1) is 0 Å². The van der Waals surface area contributed by atoms with Crippen LogP contribution < -0.4 is 5.32 Å². The van der Waals surface area contributed by atoms with E-state index in [9.17, 15) is 0 Å². The Hall–Kier alpha value is -0.480. The molecule has 0 radical (unpaired) electrons. The third-order valence-corrected chi connectivity index (χ3v) is 4.21. The zero-order valence-corrected chi connectivity index (χ0v) is 10.6. The molecule has 16 heavy (non-hydrogen) atoms. The number of hydrogen-bond donors (Lipinski definition) is 1. The monoisotopic (exact) mass is 239 g/mol. The Morgan fingerprint density at radius 3 is 3.19 bits per heavy atom. The van der Waals surface area contributed by atoms with Crippen LogP contribution in [-0.2, 0) is 6.54 Å². The van der Waals surface area contributed by atoms with Gasteiger partial charge in [-0.2, -0.15) is 11.8 Å². The largest absolute Gasteiger partial charge is 0.337 e. The number of nitrogens with zero attached hydrogens (tertiary/aromatic N) is 2. The Balaban J connectivity index is 1.48. The van der Waals surface area contributed by atoms with Crippen molar-refractivity contribution in [2.45, 2.75) is 38.3 Å². The van der Waals surface area contributed by atoms with Gasteiger partial charge in [0.2, 0.25) is 0 Å². The molecule has 1 aromatic heterocycles. The molecule has 3 nitrogen and oxygen atoms in total. The molecule has 0 spiro atoms. The van der Waals surface area contributed by atoms with Crippen molar-refractivity contribution in [2.24, 2.45) is 0 Å². The fraction of sp³-hybridized carbons (Fsp3) is 0.750. The summed E-state index contributed by atoms with van der Waals surface area (Å²) in [6, 6.07) is 0.770. The van der Waals surface area contributed by atoms with Gasteiger partial charge in [0.15, 0.2) is 0 Å². The molecule has 1 aromatic rings. The third kappa shape index (κ3) is 4.18. The van der Waals surface area contributed by atoms with Crippen LogP contribution in [-0.4, -0.2) is 33.6 Å². The minimum Gasteiger partial charge on any atom is -0.337 e. The highest BCUT2D eigenvalue weighted by Crippen LogP contribution is 2.16. The van der Waals surface area contributed by atoms with E-state index in [2.05, 4.69) is 26.6 Å². The molecule has 0 saturated carbocycles. The standard InChI is InChI=1S/C12H21N3S/c1(2-7-15-8-6-13-11-15)5-14-12-4-3-9-16-10-12/h6,8,11-12,14H,1-5,7,9-10H2. The van der Waals surface area contributed by atoms with Crippen LogP contribution in [0.25, 0.3) is 0 Å². The second-order valence-corrected chi connectivity index (χ2v) is 5.53. The molecule has 1 atom stereocenters. The van der Waals surface area contributed by atoms with Gasteiger partial charge in [0.1, 0.15) is 0 Å². The summed E-state index contributed by atoms with van der Waals surface area (Å²) in [6.45, 7) is 2.26. The molecular weight excluding hydrogens is 218 g/mol. The van der Waals surface area contributed by atoms with Gasteiger partial charge in [0.25, 0.3) is 0 Å². The van der Waals surface area contributed by atoms with Crippen molar-refractivity contribution in [3.8, 4) is 0 Å². The number of hydrogen-bond acceptors (Lipinski definition) is 3. The minimum atomic E-state index is 0.770. The third-order valence-electron chi connectivity index (χ3n) is 3.00. The van der Waals surface area contributed by atoms with Gasteiger partial charge >= 0.3 is 0 Å². The smallest absolute Gasteiger partial charge is 0.0945 e. The van der Waals surface area contributed by atoms with Gasteiger partial charge in [-0.1, -0.05) is 0 Å². The first kappa shape index (κ1) is 12.0. The first-order valence-corrected chi connectivity index (χ1v) is 7.37. The summed E-state index contributed by atoms with van der Waals surface area (Å²) in [5.41, 5.74) is 0. The van der Waals surface area contributed by atoms with Crippen molar-refractivity contribution in [1.82, 2.24) is 14.9 Å². The Bertz CT molecular complexity index is 268. The Morgan fingerprint density at radius 1 is 1.44 bits per heavy atom. The summed E-state index contributed by atoms with van der Waals surface area (Å²) in [5, 5.41) is 3.66. The van der Waals surface area contributed by atoms with Crippen LogP contribution in [0.4, 0.5) is 0 Å². The molecule has 90 valence electrons. The molecular formula is C12H21N3S. The second kappa shape index (κ2) is 6.97. The lowest BCUT2D eigenvalue weighted by Gasteiger charge is -2.22. The summed E-state index contributed by atoms with van der Waals surface area (Å²) < 4.78 is 2.15. The van der Waals surface area contributed by atoms with Crippen molar-refractivity contribution < 1.29 is 0 Å². The predicted octanol–water partition coefficient (Wildman–Crippen LogP) is 2.15. The van der Waals surface area contributed by atoms with E-state index < -0.39 is 0 Å². The number of nitrogens with one attached hydrogen (secondary N) is 1. The molecule has 1 aliphatic rings. The highest BCUT2D eigenvalue weighted by Gasteiger charge is 2.11. The Labute approximate surface area is 102 Å². The SMILES string of the molecule is c1cn(CCCCNC2CCCSC2)cn1. The fourth-order valence-corrected chi connectivity index (χ4v) is 3.15. The molecule has 0 aromatic carbocycles. The Morgan fingerprint density at radius 2 is 2.44 bits per heavy atom. The number of rotatable bonds is 6. The highest BCUT2D eigenvalue weighted by molar-refractivity contribution is 7.99. The van der Waals surface area contributed by atoms with Gasteiger partial charge in [0.05, 0.1) is 6.33 Å². The molecule has 1 N–H and O–H groups in total. The van der Waals surface area contributed by atoms with Crippen LogP contribution in [0.15, 0.2) is 18.7 Å². The van der Waals surface area contributed by atoms with Crippen LogP contribution in [0.2, 0.25) is 0 Å². The molecule has 0 amide bonds. The van der Waals surface area contributed by atoms with E-state index in [0.717, 1.165) is 12.6 Å². The van der Waals surface area contributed by atoms with E-state index in [0.29, 0.717) is 0 Å². The summed E-state index contributed by atoms with van der Waals surface area (Å²) in [7, 11) is 0. The summed E-state index contributed by atoms with van der Waals surface area (Å²) >= 11 is 2.09.